The fourth-order valence-electron chi connectivity index (χ4n) is 2.81. The average Bonchev–Trinajstić information content (AvgIpc) is 2.27. The summed E-state index contributed by atoms with van der Waals surface area (Å²) in [5.41, 5.74) is 5.35. The monoisotopic (exact) mass is 211 g/mol. The molecule has 86 valence electrons. The fourth-order valence-corrected chi connectivity index (χ4v) is 2.81. The maximum atomic E-state index is 11.2. The van der Waals surface area contributed by atoms with Crippen molar-refractivity contribution < 1.29 is 4.79 Å². The Labute approximate surface area is 91.2 Å². The minimum Gasteiger partial charge on any atom is -0.368 e. The second kappa shape index (κ2) is 4.49. The summed E-state index contributed by atoms with van der Waals surface area (Å²) in [5, 5.41) is 3.42. The topological polar surface area (TPSA) is 58.4 Å². The number of amides is 1. The number of nitrogens with one attached hydrogen (secondary N) is 1. The van der Waals surface area contributed by atoms with E-state index in [0.717, 1.165) is 18.9 Å². The summed E-state index contributed by atoms with van der Waals surface area (Å²) in [6.45, 7) is 5.56. The highest BCUT2D eigenvalue weighted by Gasteiger charge is 2.35. The number of rotatable bonds is 4. The second-order valence-electron chi connectivity index (χ2n) is 4.77. The van der Waals surface area contributed by atoms with Crippen LogP contribution in [-0.4, -0.2) is 42.5 Å². The van der Waals surface area contributed by atoms with Gasteiger partial charge in [-0.2, -0.15) is 0 Å². The molecule has 3 rings (SSSR count). The van der Waals surface area contributed by atoms with E-state index in [1.807, 2.05) is 6.92 Å². The van der Waals surface area contributed by atoms with Crippen molar-refractivity contribution >= 4 is 5.91 Å². The van der Waals surface area contributed by atoms with Crippen molar-refractivity contribution in [2.45, 2.75) is 38.3 Å². The molecule has 3 aliphatic heterocycles. The van der Waals surface area contributed by atoms with E-state index in [4.69, 9.17) is 5.73 Å². The van der Waals surface area contributed by atoms with Crippen molar-refractivity contribution in [3.63, 3.8) is 0 Å². The summed E-state index contributed by atoms with van der Waals surface area (Å²) in [6.07, 6.45) is 3.33. The third-order valence-corrected chi connectivity index (χ3v) is 3.82. The van der Waals surface area contributed by atoms with E-state index in [0.29, 0.717) is 6.04 Å². The molecule has 3 saturated heterocycles. The van der Waals surface area contributed by atoms with Gasteiger partial charge in [-0.1, -0.05) is 6.92 Å². The average molecular weight is 211 g/mol. The molecule has 4 heteroatoms. The van der Waals surface area contributed by atoms with Gasteiger partial charge in [0.05, 0.1) is 6.04 Å². The van der Waals surface area contributed by atoms with Gasteiger partial charge in [0.1, 0.15) is 0 Å². The largest absolute Gasteiger partial charge is 0.368 e. The molecular weight excluding hydrogens is 190 g/mol. The number of primary amides is 1. The Bertz CT molecular complexity index is 236. The minimum atomic E-state index is -0.214. The Morgan fingerprint density at radius 2 is 2.20 bits per heavy atom. The number of carbonyl (C=O) groups excluding carboxylic acids is 1. The highest BCUT2D eigenvalue weighted by molar-refractivity contribution is 5.79. The van der Waals surface area contributed by atoms with Crippen molar-refractivity contribution in [3.8, 4) is 0 Å². The van der Waals surface area contributed by atoms with Gasteiger partial charge in [0, 0.05) is 12.6 Å². The first kappa shape index (κ1) is 10.9. The SMILES string of the molecule is CCC(NC1CN2CCC1CC2)C(N)=O. The van der Waals surface area contributed by atoms with Gasteiger partial charge in [-0.3, -0.25) is 4.79 Å². The lowest BCUT2D eigenvalue weighted by Gasteiger charge is -2.45. The van der Waals surface area contributed by atoms with E-state index in [1.165, 1.54) is 25.9 Å². The van der Waals surface area contributed by atoms with Crippen LogP contribution in [0.3, 0.4) is 0 Å². The number of nitrogens with zero attached hydrogens (tertiary/aromatic N) is 1. The molecule has 0 aliphatic carbocycles. The number of piperidine rings is 3. The molecule has 0 aromatic rings. The quantitative estimate of drug-likeness (QED) is 0.684. The van der Waals surface area contributed by atoms with E-state index >= 15 is 0 Å². The molecular formula is C11H21N3O. The van der Waals surface area contributed by atoms with Crippen LogP contribution in [0.2, 0.25) is 0 Å². The van der Waals surface area contributed by atoms with Gasteiger partial charge in [0.2, 0.25) is 5.91 Å². The summed E-state index contributed by atoms with van der Waals surface area (Å²) in [4.78, 5) is 13.6. The fraction of sp³-hybridized carbons (Fsp3) is 0.909. The number of hydrogen-bond donors (Lipinski definition) is 2. The highest BCUT2D eigenvalue weighted by atomic mass is 16.1. The number of nitrogens with two attached hydrogens (primary N) is 1. The lowest BCUT2D eigenvalue weighted by Crippen LogP contribution is -2.59. The zero-order chi connectivity index (χ0) is 10.8. The Kier molecular flexibility index (Phi) is 3.26. The Morgan fingerprint density at radius 1 is 1.53 bits per heavy atom. The zero-order valence-electron chi connectivity index (χ0n) is 9.41. The van der Waals surface area contributed by atoms with Crippen LogP contribution in [0, 0.1) is 5.92 Å². The third-order valence-electron chi connectivity index (χ3n) is 3.82. The van der Waals surface area contributed by atoms with Crippen LogP contribution < -0.4 is 11.1 Å². The van der Waals surface area contributed by atoms with Gasteiger partial charge >= 0.3 is 0 Å². The van der Waals surface area contributed by atoms with Crippen LogP contribution in [0.25, 0.3) is 0 Å². The van der Waals surface area contributed by atoms with Gasteiger partial charge in [-0.15, -0.1) is 0 Å². The first-order valence-corrected chi connectivity index (χ1v) is 5.98. The highest BCUT2D eigenvalue weighted by Crippen LogP contribution is 2.27. The number of fused-ring (bicyclic) bond motifs is 3. The molecule has 0 aromatic carbocycles. The summed E-state index contributed by atoms with van der Waals surface area (Å²) < 4.78 is 0. The van der Waals surface area contributed by atoms with Gasteiger partial charge < -0.3 is 16.0 Å². The van der Waals surface area contributed by atoms with Crippen molar-refractivity contribution in [1.82, 2.24) is 10.2 Å². The van der Waals surface area contributed by atoms with Gasteiger partial charge in [0.15, 0.2) is 0 Å². The molecule has 0 saturated carbocycles. The van der Waals surface area contributed by atoms with Crippen molar-refractivity contribution in [2.75, 3.05) is 19.6 Å². The molecule has 3 aliphatic rings. The molecule has 2 bridgehead atoms. The van der Waals surface area contributed by atoms with Crippen LogP contribution in [0.1, 0.15) is 26.2 Å². The Hall–Kier alpha value is -0.610. The molecule has 1 amide bonds. The first-order chi connectivity index (χ1) is 7.20. The molecule has 3 N–H and O–H groups in total. The molecule has 3 heterocycles. The van der Waals surface area contributed by atoms with E-state index in [-0.39, 0.29) is 11.9 Å². The molecule has 3 fully saturated rings. The summed E-state index contributed by atoms with van der Waals surface area (Å²) in [5.74, 6) is 0.539. The van der Waals surface area contributed by atoms with Crippen LogP contribution in [-0.2, 0) is 4.79 Å². The van der Waals surface area contributed by atoms with E-state index in [2.05, 4.69) is 10.2 Å². The van der Waals surface area contributed by atoms with Crippen molar-refractivity contribution in [2.24, 2.45) is 11.7 Å². The van der Waals surface area contributed by atoms with Gasteiger partial charge in [0.25, 0.3) is 0 Å². The van der Waals surface area contributed by atoms with Crippen molar-refractivity contribution in [1.29, 1.82) is 0 Å². The maximum absolute atomic E-state index is 11.2. The summed E-state index contributed by atoms with van der Waals surface area (Å²) in [6, 6.07) is 0.334. The van der Waals surface area contributed by atoms with E-state index in [1.54, 1.807) is 0 Å². The van der Waals surface area contributed by atoms with Crippen LogP contribution in [0.4, 0.5) is 0 Å². The normalized spacial score (nSPS) is 36.5. The lowest BCUT2D eigenvalue weighted by molar-refractivity contribution is -0.120. The molecule has 0 radical (unpaired) electrons. The predicted octanol–water partition coefficient (Wildman–Crippen LogP) is -0.0659. The number of hydrogen-bond acceptors (Lipinski definition) is 3. The standard InChI is InChI=1S/C11H21N3O/c1-2-9(11(12)15)13-10-7-14-5-3-8(10)4-6-14/h8-10,13H,2-7H2,1H3,(H2,12,15). The number of carbonyl (C=O) groups is 1. The summed E-state index contributed by atoms with van der Waals surface area (Å²) >= 11 is 0. The van der Waals surface area contributed by atoms with Gasteiger partial charge in [-0.05, 0) is 38.3 Å². The van der Waals surface area contributed by atoms with E-state index < -0.39 is 0 Å². The lowest BCUT2D eigenvalue weighted by atomic mass is 9.83. The Morgan fingerprint density at radius 3 is 2.60 bits per heavy atom. The van der Waals surface area contributed by atoms with Crippen LogP contribution in [0.15, 0.2) is 0 Å². The smallest absolute Gasteiger partial charge is 0.234 e. The second-order valence-corrected chi connectivity index (χ2v) is 4.77. The molecule has 4 nitrogen and oxygen atoms in total. The van der Waals surface area contributed by atoms with Crippen LogP contribution in [0.5, 0.6) is 0 Å². The third kappa shape index (κ3) is 2.32. The van der Waals surface area contributed by atoms with E-state index in [9.17, 15) is 4.79 Å². The minimum absolute atomic E-state index is 0.143. The summed E-state index contributed by atoms with van der Waals surface area (Å²) in [7, 11) is 0. The molecule has 0 spiro atoms. The zero-order valence-corrected chi connectivity index (χ0v) is 9.41. The molecule has 2 unspecified atom stereocenters. The molecule has 15 heavy (non-hydrogen) atoms. The van der Waals surface area contributed by atoms with Crippen LogP contribution >= 0.6 is 0 Å². The maximum Gasteiger partial charge on any atom is 0.234 e. The molecule has 0 aromatic heterocycles. The Balaban J connectivity index is 1.91. The van der Waals surface area contributed by atoms with Crippen molar-refractivity contribution in [3.05, 3.63) is 0 Å². The predicted molar refractivity (Wildman–Crippen MR) is 59.4 cm³/mol. The first-order valence-electron chi connectivity index (χ1n) is 5.98. The molecule has 2 atom stereocenters. The van der Waals surface area contributed by atoms with Gasteiger partial charge in [-0.25, -0.2) is 0 Å².